The standard InChI is InChI=1S/C21H22BrN3O3/c1-4-18(27-17-9-8-13(2)14(3)10-17)21(26)23-12-19-24-20(25-28-19)15-6-5-7-16(22)11-15/h5-11,18H,4,12H2,1-3H3,(H,23,26)/t18-/m0/s1. The molecule has 6 nitrogen and oxygen atoms in total. The Balaban J connectivity index is 1.60. The summed E-state index contributed by atoms with van der Waals surface area (Å²) in [5.41, 5.74) is 3.14. The molecule has 1 atom stereocenters. The van der Waals surface area contributed by atoms with Gasteiger partial charge in [0.15, 0.2) is 6.10 Å². The van der Waals surface area contributed by atoms with Crippen LogP contribution < -0.4 is 10.1 Å². The van der Waals surface area contributed by atoms with Gasteiger partial charge in [-0.15, -0.1) is 0 Å². The van der Waals surface area contributed by atoms with Crippen molar-refractivity contribution in [1.29, 1.82) is 0 Å². The lowest BCUT2D eigenvalue weighted by molar-refractivity contribution is -0.128. The van der Waals surface area contributed by atoms with Crippen LogP contribution in [0.1, 0.15) is 30.4 Å². The molecule has 0 fully saturated rings. The Hall–Kier alpha value is -2.67. The van der Waals surface area contributed by atoms with Gasteiger partial charge in [0.1, 0.15) is 5.75 Å². The minimum absolute atomic E-state index is 0.145. The van der Waals surface area contributed by atoms with E-state index >= 15 is 0 Å². The Morgan fingerprint density at radius 3 is 2.75 bits per heavy atom. The predicted molar refractivity (Wildman–Crippen MR) is 110 cm³/mol. The maximum atomic E-state index is 12.5. The highest BCUT2D eigenvalue weighted by molar-refractivity contribution is 9.10. The van der Waals surface area contributed by atoms with Gasteiger partial charge in [0.05, 0.1) is 6.54 Å². The molecule has 0 saturated carbocycles. The number of carbonyl (C=O) groups is 1. The fourth-order valence-electron chi connectivity index (χ4n) is 2.62. The van der Waals surface area contributed by atoms with E-state index in [0.717, 1.165) is 15.6 Å². The molecule has 28 heavy (non-hydrogen) atoms. The quantitative estimate of drug-likeness (QED) is 0.577. The SMILES string of the molecule is CC[C@H](Oc1ccc(C)c(C)c1)C(=O)NCc1nc(-c2cccc(Br)c2)no1. The van der Waals surface area contributed by atoms with Gasteiger partial charge >= 0.3 is 0 Å². The average Bonchev–Trinajstić information content (AvgIpc) is 3.16. The summed E-state index contributed by atoms with van der Waals surface area (Å²) in [5, 5.41) is 6.77. The first kappa shape index (κ1) is 20.1. The van der Waals surface area contributed by atoms with E-state index in [-0.39, 0.29) is 12.5 Å². The van der Waals surface area contributed by atoms with Crippen LogP contribution >= 0.6 is 15.9 Å². The van der Waals surface area contributed by atoms with Gasteiger partial charge in [-0.3, -0.25) is 4.79 Å². The zero-order chi connectivity index (χ0) is 20.1. The van der Waals surface area contributed by atoms with Crippen molar-refractivity contribution >= 4 is 21.8 Å². The Kier molecular flexibility index (Phi) is 6.46. The lowest BCUT2D eigenvalue weighted by Gasteiger charge is -2.17. The highest BCUT2D eigenvalue weighted by Gasteiger charge is 2.19. The lowest BCUT2D eigenvalue weighted by Crippen LogP contribution is -2.37. The first-order chi connectivity index (χ1) is 13.5. The van der Waals surface area contributed by atoms with Crippen LogP contribution in [-0.2, 0) is 11.3 Å². The Labute approximate surface area is 172 Å². The average molecular weight is 444 g/mol. The molecule has 2 aromatic carbocycles. The fourth-order valence-corrected chi connectivity index (χ4v) is 3.02. The van der Waals surface area contributed by atoms with Crippen LogP contribution in [0.5, 0.6) is 5.75 Å². The van der Waals surface area contributed by atoms with E-state index in [0.29, 0.717) is 23.9 Å². The molecule has 3 aromatic rings. The summed E-state index contributed by atoms with van der Waals surface area (Å²) >= 11 is 3.42. The van der Waals surface area contributed by atoms with Crippen LogP contribution in [0.3, 0.4) is 0 Å². The molecule has 1 amide bonds. The van der Waals surface area contributed by atoms with E-state index in [9.17, 15) is 4.79 Å². The normalized spacial score (nSPS) is 11.9. The molecule has 0 aliphatic heterocycles. The van der Waals surface area contributed by atoms with Crippen molar-refractivity contribution in [2.45, 2.75) is 39.8 Å². The largest absolute Gasteiger partial charge is 0.481 e. The number of rotatable bonds is 7. The molecule has 0 aliphatic carbocycles. The molecule has 0 saturated heterocycles. The summed E-state index contributed by atoms with van der Waals surface area (Å²) in [6, 6.07) is 13.4. The number of ether oxygens (including phenoxy) is 1. The molecule has 0 radical (unpaired) electrons. The van der Waals surface area contributed by atoms with Crippen LogP contribution in [-0.4, -0.2) is 22.2 Å². The highest BCUT2D eigenvalue weighted by atomic mass is 79.9. The number of amides is 1. The zero-order valence-electron chi connectivity index (χ0n) is 16.0. The van der Waals surface area contributed by atoms with Crippen LogP contribution in [0.4, 0.5) is 0 Å². The number of halogens is 1. The molecule has 0 spiro atoms. The van der Waals surface area contributed by atoms with Gasteiger partial charge in [-0.25, -0.2) is 0 Å². The number of aryl methyl sites for hydroxylation is 2. The van der Waals surface area contributed by atoms with Gasteiger partial charge in [-0.1, -0.05) is 46.2 Å². The molecule has 1 heterocycles. The van der Waals surface area contributed by atoms with Crippen LogP contribution in [0.25, 0.3) is 11.4 Å². The van der Waals surface area contributed by atoms with Crippen molar-refractivity contribution in [1.82, 2.24) is 15.5 Å². The monoisotopic (exact) mass is 443 g/mol. The van der Waals surface area contributed by atoms with Crippen molar-refractivity contribution in [3.63, 3.8) is 0 Å². The summed E-state index contributed by atoms with van der Waals surface area (Å²) < 4.78 is 12.0. The highest BCUT2D eigenvalue weighted by Crippen LogP contribution is 2.21. The van der Waals surface area contributed by atoms with E-state index in [2.05, 4.69) is 31.4 Å². The van der Waals surface area contributed by atoms with Crippen molar-refractivity contribution in [2.75, 3.05) is 0 Å². The molecule has 146 valence electrons. The van der Waals surface area contributed by atoms with E-state index in [1.54, 1.807) is 0 Å². The van der Waals surface area contributed by atoms with Crippen molar-refractivity contribution in [3.05, 3.63) is 64.0 Å². The van der Waals surface area contributed by atoms with E-state index < -0.39 is 6.10 Å². The Bertz CT molecular complexity index is 971. The summed E-state index contributed by atoms with van der Waals surface area (Å²) in [5.74, 6) is 1.27. The molecule has 3 rings (SSSR count). The van der Waals surface area contributed by atoms with Gasteiger partial charge < -0.3 is 14.6 Å². The lowest BCUT2D eigenvalue weighted by atomic mass is 10.1. The van der Waals surface area contributed by atoms with Crippen molar-refractivity contribution < 1.29 is 14.1 Å². The molecular weight excluding hydrogens is 422 g/mol. The van der Waals surface area contributed by atoms with Crippen LogP contribution in [0.15, 0.2) is 51.5 Å². The van der Waals surface area contributed by atoms with E-state index in [1.807, 2.05) is 63.2 Å². The zero-order valence-corrected chi connectivity index (χ0v) is 17.6. The first-order valence-electron chi connectivity index (χ1n) is 9.06. The Morgan fingerprint density at radius 2 is 2.04 bits per heavy atom. The maximum absolute atomic E-state index is 12.5. The third-order valence-corrected chi connectivity index (χ3v) is 4.88. The van der Waals surface area contributed by atoms with Gasteiger partial charge in [0, 0.05) is 10.0 Å². The van der Waals surface area contributed by atoms with Crippen LogP contribution in [0, 0.1) is 13.8 Å². The number of hydrogen-bond acceptors (Lipinski definition) is 5. The number of carbonyl (C=O) groups excluding carboxylic acids is 1. The van der Waals surface area contributed by atoms with E-state index in [4.69, 9.17) is 9.26 Å². The fraction of sp³-hybridized carbons (Fsp3) is 0.286. The molecule has 1 aromatic heterocycles. The molecule has 1 N–H and O–H groups in total. The van der Waals surface area contributed by atoms with Gasteiger partial charge in [-0.05, 0) is 55.7 Å². The number of hydrogen-bond donors (Lipinski definition) is 1. The number of nitrogens with one attached hydrogen (secondary N) is 1. The van der Waals surface area contributed by atoms with Gasteiger partial charge in [0.2, 0.25) is 11.7 Å². The Morgan fingerprint density at radius 1 is 1.21 bits per heavy atom. The van der Waals surface area contributed by atoms with Crippen LogP contribution in [0.2, 0.25) is 0 Å². The summed E-state index contributed by atoms with van der Waals surface area (Å²) in [6.45, 7) is 6.10. The molecule has 0 aliphatic rings. The van der Waals surface area contributed by atoms with Crippen molar-refractivity contribution in [3.8, 4) is 17.1 Å². The number of aromatic nitrogens is 2. The van der Waals surface area contributed by atoms with Gasteiger partial charge in [-0.2, -0.15) is 4.98 Å². The first-order valence-corrected chi connectivity index (χ1v) is 9.85. The number of benzene rings is 2. The third kappa shape index (κ3) is 4.98. The summed E-state index contributed by atoms with van der Waals surface area (Å²) in [4.78, 5) is 16.8. The molecule has 7 heteroatoms. The maximum Gasteiger partial charge on any atom is 0.261 e. The summed E-state index contributed by atoms with van der Waals surface area (Å²) in [6.07, 6.45) is -0.0409. The second kappa shape index (κ2) is 9.01. The minimum atomic E-state index is -0.588. The smallest absolute Gasteiger partial charge is 0.261 e. The second-order valence-corrected chi connectivity index (χ2v) is 7.42. The van der Waals surface area contributed by atoms with Gasteiger partial charge in [0.25, 0.3) is 5.91 Å². The third-order valence-electron chi connectivity index (χ3n) is 4.38. The minimum Gasteiger partial charge on any atom is -0.481 e. The van der Waals surface area contributed by atoms with E-state index in [1.165, 1.54) is 5.56 Å². The molecule has 0 unspecified atom stereocenters. The topological polar surface area (TPSA) is 77.2 Å². The predicted octanol–water partition coefficient (Wildman–Crippen LogP) is 4.59. The second-order valence-electron chi connectivity index (χ2n) is 6.50. The number of nitrogens with zero attached hydrogens (tertiary/aromatic N) is 2. The molecule has 0 bridgehead atoms. The molecular formula is C21H22BrN3O3. The van der Waals surface area contributed by atoms with Crippen molar-refractivity contribution in [2.24, 2.45) is 0 Å². The summed E-state index contributed by atoms with van der Waals surface area (Å²) in [7, 11) is 0.